The van der Waals surface area contributed by atoms with Gasteiger partial charge in [0, 0.05) is 19.1 Å². The Labute approximate surface area is 110 Å². The van der Waals surface area contributed by atoms with Gasteiger partial charge >= 0.3 is 0 Å². The van der Waals surface area contributed by atoms with Crippen LogP contribution < -0.4 is 5.73 Å². The summed E-state index contributed by atoms with van der Waals surface area (Å²) in [6, 6.07) is 0.0643. The van der Waals surface area contributed by atoms with Crippen molar-refractivity contribution in [3.05, 3.63) is 0 Å². The van der Waals surface area contributed by atoms with E-state index < -0.39 is 9.84 Å². The van der Waals surface area contributed by atoms with E-state index in [1.807, 2.05) is 6.92 Å². The molecule has 18 heavy (non-hydrogen) atoms. The number of sulfone groups is 1. The molecule has 1 atom stereocenters. The molecule has 1 aliphatic rings. The van der Waals surface area contributed by atoms with Crippen molar-refractivity contribution in [1.82, 2.24) is 4.90 Å². The molecule has 0 radical (unpaired) electrons. The molecule has 6 heteroatoms. The van der Waals surface area contributed by atoms with E-state index in [9.17, 15) is 13.2 Å². The normalized spacial score (nSPS) is 18.0. The van der Waals surface area contributed by atoms with Gasteiger partial charge in [0.05, 0.1) is 5.75 Å². The summed E-state index contributed by atoms with van der Waals surface area (Å²) in [6.45, 7) is 3.39. The first-order valence-corrected chi connectivity index (χ1v) is 8.50. The Morgan fingerprint density at radius 3 is 2.50 bits per heavy atom. The fraction of sp³-hybridized carbons (Fsp3) is 0.917. The van der Waals surface area contributed by atoms with Crippen LogP contribution in [0.15, 0.2) is 0 Å². The lowest BCUT2D eigenvalue weighted by atomic mass is 10.1. The molecule has 0 spiro atoms. The van der Waals surface area contributed by atoms with Crippen LogP contribution >= 0.6 is 0 Å². The van der Waals surface area contributed by atoms with E-state index in [1.165, 1.54) is 0 Å². The second-order valence-electron chi connectivity index (χ2n) is 4.99. The Balaban J connectivity index is 2.32. The topological polar surface area (TPSA) is 80.5 Å². The summed E-state index contributed by atoms with van der Waals surface area (Å²) in [7, 11) is -3.27. The molecule has 0 aromatic rings. The third kappa shape index (κ3) is 5.35. The standard InChI is InChI=1S/C12H24N2O3S/c1-2-11(13)6-5-9-18(16,17)10-12(15)14-7-3-4-8-14/h11H,2-10,13H2,1H3. The Kier molecular flexibility index (Phi) is 6.08. The smallest absolute Gasteiger partial charge is 0.237 e. The minimum absolute atomic E-state index is 0.0643. The highest BCUT2D eigenvalue weighted by molar-refractivity contribution is 7.92. The van der Waals surface area contributed by atoms with E-state index in [1.54, 1.807) is 4.90 Å². The van der Waals surface area contributed by atoms with Crippen LogP contribution in [0.3, 0.4) is 0 Å². The molecule has 2 N–H and O–H groups in total. The average molecular weight is 276 g/mol. The van der Waals surface area contributed by atoms with Crippen LogP contribution in [0.4, 0.5) is 0 Å². The van der Waals surface area contributed by atoms with Crippen LogP contribution in [0.5, 0.6) is 0 Å². The molecule has 106 valence electrons. The van der Waals surface area contributed by atoms with Gasteiger partial charge in [-0.1, -0.05) is 6.92 Å². The molecule has 0 saturated carbocycles. The number of hydrogen-bond donors (Lipinski definition) is 1. The first-order valence-electron chi connectivity index (χ1n) is 6.68. The van der Waals surface area contributed by atoms with Gasteiger partial charge in [-0.05, 0) is 32.1 Å². The van der Waals surface area contributed by atoms with Crippen LogP contribution in [0.1, 0.15) is 39.0 Å². The molecule has 1 unspecified atom stereocenters. The molecule has 1 fully saturated rings. The number of carbonyl (C=O) groups excluding carboxylic acids is 1. The van der Waals surface area contributed by atoms with Gasteiger partial charge in [0.1, 0.15) is 5.75 Å². The lowest BCUT2D eigenvalue weighted by Crippen LogP contribution is -2.34. The maximum absolute atomic E-state index is 11.8. The van der Waals surface area contributed by atoms with E-state index in [-0.39, 0.29) is 23.5 Å². The van der Waals surface area contributed by atoms with E-state index >= 15 is 0 Å². The molecule has 0 aliphatic carbocycles. The Morgan fingerprint density at radius 2 is 1.94 bits per heavy atom. The predicted molar refractivity (Wildman–Crippen MR) is 72.0 cm³/mol. The van der Waals surface area contributed by atoms with Crippen molar-refractivity contribution in [3.8, 4) is 0 Å². The van der Waals surface area contributed by atoms with Gasteiger partial charge in [0.25, 0.3) is 0 Å². The van der Waals surface area contributed by atoms with Gasteiger partial charge < -0.3 is 10.6 Å². The number of hydrogen-bond acceptors (Lipinski definition) is 4. The second-order valence-corrected chi connectivity index (χ2v) is 7.17. The summed E-state index contributed by atoms with van der Waals surface area (Å²) < 4.78 is 23.6. The predicted octanol–water partition coefficient (Wildman–Crippen LogP) is 0.541. The quantitative estimate of drug-likeness (QED) is 0.736. The first kappa shape index (κ1) is 15.4. The fourth-order valence-electron chi connectivity index (χ4n) is 2.09. The number of rotatable bonds is 7. The highest BCUT2D eigenvalue weighted by Gasteiger charge is 2.23. The minimum atomic E-state index is -3.27. The summed E-state index contributed by atoms with van der Waals surface area (Å²) in [4.78, 5) is 13.4. The summed E-state index contributed by atoms with van der Waals surface area (Å²) in [5, 5.41) is 0. The van der Waals surface area contributed by atoms with Crippen LogP contribution in [0, 0.1) is 0 Å². The van der Waals surface area contributed by atoms with Crippen LogP contribution in [0.25, 0.3) is 0 Å². The lowest BCUT2D eigenvalue weighted by molar-refractivity contribution is -0.127. The Hall–Kier alpha value is -0.620. The number of amides is 1. The molecule has 0 bridgehead atoms. The average Bonchev–Trinajstić information content (AvgIpc) is 2.81. The number of nitrogens with two attached hydrogens (primary N) is 1. The molecule has 0 aromatic carbocycles. The van der Waals surface area contributed by atoms with Gasteiger partial charge in [-0.15, -0.1) is 0 Å². The SMILES string of the molecule is CCC(N)CCCS(=O)(=O)CC(=O)N1CCCC1. The van der Waals surface area contributed by atoms with Gasteiger partial charge in [0.15, 0.2) is 9.84 Å². The molecule has 1 amide bonds. The highest BCUT2D eigenvalue weighted by atomic mass is 32.2. The summed E-state index contributed by atoms with van der Waals surface area (Å²) in [5.41, 5.74) is 5.73. The Morgan fingerprint density at radius 1 is 1.33 bits per heavy atom. The number of carbonyl (C=O) groups is 1. The van der Waals surface area contributed by atoms with E-state index in [0.29, 0.717) is 25.9 Å². The van der Waals surface area contributed by atoms with Gasteiger partial charge in [0.2, 0.25) is 5.91 Å². The zero-order chi connectivity index (χ0) is 13.6. The van der Waals surface area contributed by atoms with Crippen LogP contribution in [0.2, 0.25) is 0 Å². The molecule has 0 aromatic heterocycles. The zero-order valence-corrected chi connectivity index (χ0v) is 11.9. The highest BCUT2D eigenvalue weighted by Crippen LogP contribution is 2.09. The summed E-state index contributed by atoms with van der Waals surface area (Å²) in [5.74, 6) is -0.512. The molecule has 1 heterocycles. The third-order valence-electron chi connectivity index (χ3n) is 3.36. The Bertz CT molecular complexity index is 362. The van der Waals surface area contributed by atoms with E-state index in [0.717, 1.165) is 19.3 Å². The maximum atomic E-state index is 11.8. The number of likely N-dealkylation sites (tertiary alicyclic amines) is 1. The van der Waals surface area contributed by atoms with E-state index in [2.05, 4.69) is 0 Å². The van der Waals surface area contributed by atoms with Crippen molar-refractivity contribution in [1.29, 1.82) is 0 Å². The zero-order valence-electron chi connectivity index (χ0n) is 11.1. The lowest BCUT2D eigenvalue weighted by Gasteiger charge is -2.15. The number of nitrogens with zero attached hydrogens (tertiary/aromatic N) is 1. The van der Waals surface area contributed by atoms with Crippen LogP contribution in [-0.2, 0) is 14.6 Å². The van der Waals surface area contributed by atoms with Crippen LogP contribution in [-0.4, -0.2) is 49.9 Å². The minimum Gasteiger partial charge on any atom is -0.342 e. The van der Waals surface area contributed by atoms with Crippen molar-refractivity contribution in [2.45, 2.75) is 45.1 Å². The maximum Gasteiger partial charge on any atom is 0.237 e. The molecule has 1 aliphatic heterocycles. The van der Waals surface area contributed by atoms with Crippen molar-refractivity contribution < 1.29 is 13.2 Å². The third-order valence-corrected chi connectivity index (χ3v) is 4.95. The van der Waals surface area contributed by atoms with E-state index in [4.69, 9.17) is 5.73 Å². The molecule has 1 rings (SSSR count). The van der Waals surface area contributed by atoms with Crippen molar-refractivity contribution in [2.24, 2.45) is 5.73 Å². The van der Waals surface area contributed by atoms with Crippen molar-refractivity contribution in [2.75, 3.05) is 24.6 Å². The second kappa shape index (κ2) is 7.09. The molecule has 5 nitrogen and oxygen atoms in total. The van der Waals surface area contributed by atoms with Gasteiger partial charge in [-0.2, -0.15) is 0 Å². The van der Waals surface area contributed by atoms with Gasteiger partial charge in [-0.3, -0.25) is 4.79 Å². The van der Waals surface area contributed by atoms with Crippen molar-refractivity contribution >= 4 is 15.7 Å². The molecular formula is C12H24N2O3S. The van der Waals surface area contributed by atoms with Crippen molar-refractivity contribution in [3.63, 3.8) is 0 Å². The molecule has 1 saturated heterocycles. The fourth-order valence-corrected chi connectivity index (χ4v) is 3.40. The van der Waals surface area contributed by atoms with Gasteiger partial charge in [-0.25, -0.2) is 8.42 Å². The summed E-state index contributed by atoms with van der Waals surface area (Å²) >= 11 is 0. The summed E-state index contributed by atoms with van der Waals surface area (Å²) in [6.07, 6.45) is 4.07. The first-order chi connectivity index (χ1) is 8.44. The molecular weight excluding hydrogens is 252 g/mol. The monoisotopic (exact) mass is 276 g/mol. The largest absolute Gasteiger partial charge is 0.342 e.